The maximum Gasteiger partial charge on any atom is 0.320 e. The molecular weight excluding hydrogens is 330 g/mol. The van der Waals surface area contributed by atoms with Gasteiger partial charge in [0.25, 0.3) is 17.7 Å². The summed E-state index contributed by atoms with van der Waals surface area (Å²) in [5.74, 6) is -1.78. The first-order valence-corrected chi connectivity index (χ1v) is 7.21. The van der Waals surface area contributed by atoms with Crippen LogP contribution in [0.25, 0.3) is 0 Å². The minimum Gasteiger partial charge on any atom is -0.481 e. The van der Waals surface area contributed by atoms with Crippen molar-refractivity contribution in [3.63, 3.8) is 0 Å². The van der Waals surface area contributed by atoms with Crippen molar-refractivity contribution < 1.29 is 24.0 Å². The van der Waals surface area contributed by atoms with E-state index < -0.39 is 28.3 Å². The van der Waals surface area contributed by atoms with Gasteiger partial charge in [-0.2, -0.15) is 0 Å². The van der Waals surface area contributed by atoms with Gasteiger partial charge in [0, 0.05) is 0 Å². The summed E-state index contributed by atoms with van der Waals surface area (Å²) in [6, 6.07) is 8.79. The van der Waals surface area contributed by atoms with Crippen molar-refractivity contribution in [1.82, 2.24) is 0 Å². The first-order chi connectivity index (χ1) is 12.0. The molecule has 0 aliphatic carbocycles. The summed E-state index contributed by atoms with van der Waals surface area (Å²) >= 11 is 0. The molecule has 0 saturated heterocycles. The maximum atomic E-state index is 12.6. The average Bonchev–Trinajstić information content (AvgIpc) is 2.85. The van der Waals surface area contributed by atoms with Gasteiger partial charge in [0.1, 0.15) is 5.69 Å². The number of imide groups is 1. The second-order valence-corrected chi connectivity index (χ2v) is 5.39. The highest BCUT2D eigenvalue weighted by atomic mass is 16.6. The molecule has 0 radical (unpaired) electrons. The highest BCUT2D eigenvalue weighted by molar-refractivity contribution is 6.35. The Morgan fingerprint density at radius 3 is 2.28 bits per heavy atom. The topological polar surface area (TPSA) is 119 Å². The van der Waals surface area contributed by atoms with Crippen LogP contribution in [0.15, 0.2) is 36.4 Å². The number of anilines is 2. The fourth-order valence-corrected chi connectivity index (χ4v) is 2.89. The van der Waals surface area contributed by atoms with E-state index in [1.807, 2.05) is 0 Å². The fraction of sp³-hybridized carbons (Fsp3) is 0.0625. The van der Waals surface area contributed by atoms with Crippen molar-refractivity contribution in [1.29, 1.82) is 0 Å². The predicted molar refractivity (Wildman–Crippen MR) is 84.8 cm³/mol. The van der Waals surface area contributed by atoms with Crippen LogP contribution in [0, 0.1) is 10.1 Å². The number of amides is 3. The molecule has 124 valence electrons. The minimum absolute atomic E-state index is 0.103. The smallest absolute Gasteiger partial charge is 0.320 e. The van der Waals surface area contributed by atoms with Crippen molar-refractivity contribution >= 4 is 34.8 Å². The van der Waals surface area contributed by atoms with Crippen LogP contribution in [0.4, 0.5) is 17.1 Å². The average molecular weight is 339 g/mol. The molecule has 2 aromatic carbocycles. The molecule has 0 unspecified atom stereocenters. The first-order valence-electron chi connectivity index (χ1n) is 7.21. The van der Waals surface area contributed by atoms with Gasteiger partial charge in [0.2, 0.25) is 0 Å². The number of ether oxygens (including phenoxy) is 1. The lowest BCUT2D eigenvalue weighted by molar-refractivity contribution is -0.383. The van der Waals surface area contributed by atoms with E-state index >= 15 is 0 Å². The fourth-order valence-electron chi connectivity index (χ4n) is 2.89. The Morgan fingerprint density at radius 2 is 1.68 bits per heavy atom. The Bertz CT molecular complexity index is 949. The van der Waals surface area contributed by atoms with Crippen LogP contribution in [-0.4, -0.2) is 29.3 Å². The van der Waals surface area contributed by atoms with Crippen LogP contribution < -0.4 is 15.0 Å². The summed E-state index contributed by atoms with van der Waals surface area (Å²) in [5.41, 5.74) is -0.629. The molecule has 25 heavy (non-hydrogen) atoms. The van der Waals surface area contributed by atoms with Gasteiger partial charge in [0.15, 0.2) is 18.0 Å². The van der Waals surface area contributed by atoms with Gasteiger partial charge in [-0.1, -0.05) is 12.1 Å². The molecule has 3 amide bonds. The highest BCUT2D eigenvalue weighted by Gasteiger charge is 2.41. The Labute approximate surface area is 139 Å². The van der Waals surface area contributed by atoms with E-state index in [-0.39, 0.29) is 34.9 Å². The lowest BCUT2D eigenvalue weighted by Gasteiger charge is -2.21. The molecule has 2 heterocycles. The van der Waals surface area contributed by atoms with Crippen molar-refractivity contribution in [3.05, 3.63) is 57.6 Å². The van der Waals surface area contributed by atoms with Crippen LogP contribution in [0.5, 0.6) is 5.75 Å². The first kappa shape index (κ1) is 14.8. The molecule has 9 nitrogen and oxygen atoms in total. The molecule has 0 bridgehead atoms. The molecule has 0 atom stereocenters. The zero-order valence-corrected chi connectivity index (χ0v) is 12.5. The molecule has 2 aromatic rings. The number of nitro benzene ring substituents is 1. The van der Waals surface area contributed by atoms with E-state index in [2.05, 4.69) is 5.32 Å². The van der Waals surface area contributed by atoms with Gasteiger partial charge in [-0.15, -0.1) is 0 Å². The monoisotopic (exact) mass is 339 g/mol. The van der Waals surface area contributed by atoms with Crippen LogP contribution in [0.3, 0.4) is 0 Å². The van der Waals surface area contributed by atoms with Gasteiger partial charge in [-0.3, -0.25) is 24.5 Å². The number of carbonyl (C=O) groups excluding carboxylic acids is 3. The van der Waals surface area contributed by atoms with Gasteiger partial charge in [0.05, 0.1) is 16.1 Å². The number of rotatable bonds is 2. The van der Waals surface area contributed by atoms with Crippen LogP contribution >= 0.6 is 0 Å². The lowest BCUT2D eigenvalue weighted by Crippen LogP contribution is -2.31. The number of nitrogens with zero attached hydrogens (tertiary/aromatic N) is 2. The van der Waals surface area contributed by atoms with Crippen LogP contribution in [0.2, 0.25) is 0 Å². The summed E-state index contributed by atoms with van der Waals surface area (Å²) in [6.07, 6.45) is 0. The van der Waals surface area contributed by atoms with E-state index in [1.165, 1.54) is 24.3 Å². The third kappa shape index (κ3) is 2.06. The minimum atomic E-state index is -0.757. The largest absolute Gasteiger partial charge is 0.481 e. The highest BCUT2D eigenvalue weighted by Crippen LogP contribution is 2.45. The normalized spacial score (nSPS) is 15.4. The standard InChI is InChI=1S/C16H9N3O6/c20-12-7-25-11-6-5-10(14(19(23)24)13(11)17-12)18-15(21)8-3-1-2-4-9(8)16(18)22/h1-6H,7H2,(H,17,20). The number of carbonyl (C=O) groups is 3. The van der Waals surface area contributed by atoms with Crippen LogP contribution in [-0.2, 0) is 4.79 Å². The van der Waals surface area contributed by atoms with Gasteiger partial charge in [-0.25, -0.2) is 4.90 Å². The number of nitrogens with one attached hydrogen (secondary N) is 1. The molecule has 0 aromatic heterocycles. The van der Waals surface area contributed by atoms with Crippen LogP contribution in [0.1, 0.15) is 20.7 Å². The summed E-state index contributed by atoms with van der Waals surface area (Å²) in [4.78, 5) is 48.3. The summed E-state index contributed by atoms with van der Waals surface area (Å²) < 4.78 is 5.15. The Balaban J connectivity index is 1.91. The lowest BCUT2D eigenvalue weighted by atomic mass is 10.1. The maximum absolute atomic E-state index is 12.6. The Morgan fingerprint density at radius 1 is 1.04 bits per heavy atom. The zero-order valence-electron chi connectivity index (χ0n) is 12.5. The number of hydrogen-bond donors (Lipinski definition) is 1. The molecule has 2 aliphatic heterocycles. The van der Waals surface area contributed by atoms with E-state index in [1.54, 1.807) is 12.1 Å². The Kier molecular flexibility index (Phi) is 3.04. The molecule has 4 rings (SSSR count). The quantitative estimate of drug-likeness (QED) is 0.505. The third-order valence-corrected chi connectivity index (χ3v) is 3.96. The van der Waals surface area contributed by atoms with E-state index in [0.717, 1.165) is 4.90 Å². The summed E-state index contributed by atoms with van der Waals surface area (Å²) in [7, 11) is 0. The number of nitro groups is 1. The van der Waals surface area contributed by atoms with E-state index in [9.17, 15) is 24.5 Å². The van der Waals surface area contributed by atoms with Crippen molar-refractivity contribution in [3.8, 4) is 5.75 Å². The third-order valence-electron chi connectivity index (χ3n) is 3.96. The molecule has 2 aliphatic rings. The second kappa shape index (κ2) is 5.13. The molecule has 0 saturated carbocycles. The van der Waals surface area contributed by atoms with Gasteiger partial charge < -0.3 is 10.1 Å². The predicted octanol–water partition coefficient (Wildman–Crippen LogP) is 1.73. The van der Waals surface area contributed by atoms with Crippen molar-refractivity contribution in [2.24, 2.45) is 0 Å². The molecule has 0 spiro atoms. The zero-order chi connectivity index (χ0) is 17.7. The van der Waals surface area contributed by atoms with Crippen molar-refractivity contribution in [2.45, 2.75) is 0 Å². The van der Waals surface area contributed by atoms with Gasteiger partial charge >= 0.3 is 5.69 Å². The SMILES string of the molecule is O=C1COc2ccc(N3C(=O)c4ccccc4C3=O)c([N+](=O)[O-])c2N1. The number of fused-ring (bicyclic) bond motifs is 2. The van der Waals surface area contributed by atoms with Crippen molar-refractivity contribution in [2.75, 3.05) is 16.8 Å². The number of hydrogen-bond acceptors (Lipinski definition) is 6. The molecule has 0 fully saturated rings. The van der Waals surface area contributed by atoms with E-state index in [4.69, 9.17) is 4.74 Å². The van der Waals surface area contributed by atoms with E-state index in [0.29, 0.717) is 0 Å². The molecular formula is C16H9N3O6. The molecule has 9 heteroatoms. The summed E-state index contributed by atoms with van der Waals surface area (Å²) in [6.45, 7) is -0.267. The summed E-state index contributed by atoms with van der Waals surface area (Å²) in [5, 5.41) is 14.0. The molecule has 1 N–H and O–H groups in total. The van der Waals surface area contributed by atoms with Gasteiger partial charge in [-0.05, 0) is 24.3 Å². The Hall–Kier alpha value is -3.75. The number of benzene rings is 2. The second-order valence-electron chi connectivity index (χ2n) is 5.39.